The fraction of sp³-hybridized carbons (Fsp3) is 0.536. The first kappa shape index (κ1) is 33.3. The minimum atomic E-state index is -0.582. The molecule has 1 aromatic carbocycles. The number of phenols is 1. The average Bonchev–Trinajstić information content (AvgIpc) is 2.87. The number of anilines is 1. The highest BCUT2D eigenvalue weighted by Crippen LogP contribution is 2.25. The van der Waals surface area contributed by atoms with Gasteiger partial charge in [-0.1, -0.05) is 39.3 Å². The number of amides is 5. The number of nitrogens with zero attached hydrogens (tertiary/aromatic N) is 1. The number of phenolic OH excluding ortho intramolecular Hbond substituents is 1. The van der Waals surface area contributed by atoms with E-state index in [9.17, 15) is 29.1 Å². The average molecular weight is 546 g/mol. The number of hydrogen-bond donors (Lipinski definition) is 5. The molecule has 0 aliphatic heterocycles. The zero-order chi connectivity index (χ0) is 29.4. The third-order valence-corrected chi connectivity index (χ3v) is 6.10. The van der Waals surface area contributed by atoms with Crippen molar-refractivity contribution in [1.29, 1.82) is 0 Å². The lowest BCUT2D eigenvalue weighted by atomic mass is 9.94. The maximum atomic E-state index is 12.7. The molecule has 0 heterocycles. The quantitative estimate of drug-likeness (QED) is 0.113. The molecule has 0 saturated heterocycles. The second-order valence-electron chi connectivity index (χ2n) is 9.77. The smallest absolute Gasteiger partial charge is 0.252 e. The van der Waals surface area contributed by atoms with Gasteiger partial charge in [0.2, 0.25) is 24.1 Å². The number of hydrogen-bond acceptors (Lipinski definition) is 7. The number of benzene rings is 1. The largest absolute Gasteiger partial charge is 0.506 e. The summed E-state index contributed by atoms with van der Waals surface area (Å²) in [5.41, 5.74) is 7.21. The van der Waals surface area contributed by atoms with Gasteiger partial charge in [0.05, 0.1) is 18.2 Å². The summed E-state index contributed by atoms with van der Waals surface area (Å²) in [6, 6.07) is 4.90. The zero-order valence-corrected chi connectivity index (χ0v) is 23.4. The first-order valence-electron chi connectivity index (χ1n) is 13.3. The lowest BCUT2D eigenvalue weighted by Crippen LogP contribution is -2.43. The number of allylic oxidation sites excluding steroid dienone is 1. The molecule has 11 heteroatoms. The van der Waals surface area contributed by atoms with Crippen LogP contribution in [0, 0.1) is 11.8 Å². The molecule has 0 fully saturated rings. The molecule has 5 amide bonds. The van der Waals surface area contributed by atoms with E-state index >= 15 is 0 Å². The molecule has 6 N–H and O–H groups in total. The number of aromatic hydroxyl groups is 1. The normalized spacial score (nSPS) is 12.6. The highest BCUT2D eigenvalue weighted by Gasteiger charge is 2.23. The van der Waals surface area contributed by atoms with Crippen molar-refractivity contribution >= 4 is 35.7 Å². The van der Waals surface area contributed by atoms with E-state index in [-0.39, 0.29) is 61.8 Å². The van der Waals surface area contributed by atoms with Gasteiger partial charge >= 0.3 is 0 Å². The van der Waals surface area contributed by atoms with Crippen LogP contribution >= 0.6 is 0 Å². The molecule has 0 saturated carbocycles. The van der Waals surface area contributed by atoms with E-state index in [4.69, 9.17) is 5.73 Å². The molecule has 0 aliphatic rings. The van der Waals surface area contributed by atoms with Crippen LogP contribution in [-0.4, -0.2) is 65.7 Å². The molecule has 11 nitrogen and oxygen atoms in total. The lowest BCUT2D eigenvalue weighted by molar-refractivity contribution is -0.135. The molecule has 2 atom stereocenters. The van der Waals surface area contributed by atoms with Crippen molar-refractivity contribution in [1.82, 2.24) is 15.5 Å². The van der Waals surface area contributed by atoms with Crippen LogP contribution in [0.3, 0.4) is 0 Å². The van der Waals surface area contributed by atoms with Crippen LogP contribution in [0.5, 0.6) is 5.75 Å². The second kappa shape index (κ2) is 17.7. The summed E-state index contributed by atoms with van der Waals surface area (Å²) in [7, 11) is 0. The first-order chi connectivity index (χ1) is 18.5. The van der Waals surface area contributed by atoms with E-state index in [2.05, 4.69) is 22.9 Å². The number of nitrogens with one attached hydrogen (secondary N) is 3. The van der Waals surface area contributed by atoms with Crippen molar-refractivity contribution in [3.63, 3.8) is 0 Å². The van der Waals surface area contributed by atoms with Gasteiger partial charge in [-0.3, -0.25) is 28.9 Å². The molecular formula is C28H43N5O6. The van der Waals surface area contributed by atoms with E-state index < -0.39 is 23.6 Å². The molecule has 0 spiro atoms. The van der Waals surface area contributed by atoms with Crippen LogP contribution in [-0.2, 0) is 30.4 Å². The molecular weight excluding hydrogens is 502 g/mol. The molecule has 1 rings (SSSR count). The maximum absolute atomic E-state index is 12.7. The van der Waals surface area contributed by atoms with E-state index in [1.807, 2.05) is 13.8 Å². The van der Waals surface area contributed by atoms with E-state index in [0.717, 1.165) is 23.3 Å². The predicted octanol–water partition coefficient (Wildman–Crippen LogP) is 1.85. The van der Waals surface area contributed by atoms with E-state index in [0.29, 0.717) is 12.8 Å². The van der Waals surface area contributed by atoms with Gasteiger partial charge in [-0.25, -0.2) is 0 Å². The van der Waals surface area contributed by atoms with Gasteiger partial charge in [0.1, 0.15) is 5.75 Å². The highest BCUT2D eigenvalue weighted by molar-refractivity contribution is 5.96. The Hall–Kier alpha value is -3.73. The van der Waals surface area contributed by atoms with Crippen molar-refractivity contribution in [2.75, 3.05) is 25.0 Å². The summed E-state index contributed by atoms with van der Waals surface area (Å²) < 4.78 is 0. The van der Waals surface area contributed by atoms with Gasteiger partial charge in [-0.15, -0.1) is 0 Å². The van der Waals surface area contributed by atoms with Crippen LogP contribution < -0.4 is 21.7 Å². The van der Waals surface area contributed by atoms with Crippen molar-refractivity contribution in [2.24, 2.45) is 17.6 Å². The number of imide groups is 1. The number of carbonyl (C=O) groups excluding carboxylic acids is 5. The van der Waals surface area contributed by atoms with Crippen LogP contribution in [0.25, 0.3) is 0 Å². The van der Waals surface area contributed by atoms with Crippen LogP contribution in [0.15, 0.2) is 30.4 Å². The second-order valence-corrected chi connectivity index (χ2v) is 9.77. The molecule has 39 heavy (non-hydrogen) atoms. The summed E-state index contributed by atoms with van der Waals surface area (Å²) >= 11 is 0. The Labute approximate surface area is 230 Å². The Morgan fingerprint density at radius 2 is 1.85 bits per heavy atom. The fourth-order valence-corrected chi connectivity index (χ4v) is 3.89. The van der Waals surface area contributed by atoms with Crippen LogP contribution in [0.2, 0.25) is 0 Å². The van der Waals surface area contributed by atoms with Crippen molar-refractivity contribution in [2.45, 2.75) is 65.8 Å². The molecule has 1 aromatic rings. The predicted molar refractivity (Wildman–Crippen MR) is 149 cm³/mol. The SMILES string of the molecule is C/C=C\C(=O)N(C=O)CCCC(=O)NCC(C(=O)NCC(=O)Nc1cc(CC(N)CCC)ccc1O)C(C)C. The lowest BCUT2D eigenvalue weighted by Gasteiger charge is -2.21. The Bertz CT molecular complexity index is 1010. The number of nitrogens with two attached hydrogens (primary N) is 1. The summed E-state index contributed by atoms with van der Waals surface area (Å²) in [5.74, 6) is -2.46. The number of carbonyl (C=O) groups is 5. The first-order valence-corrected chi connectivity index (χ1v) is 13.3. The molecule has 216 valence electrons. The molecule has 0 aliphatic carbocycles. The molecule has 2 unspecified atom stereocenters. The third-order valence-electron chi connectivity index (χ3n) is 6.10. The van der Waals surface area contributed by atoms with E-state index in [1.54, 1.807) is 19.1 Å². The standard InChI is InChI=1S/C28H43N5O6/c1-5-8-21(29)14-20-11-12-24(35)23(15-20)32-26(37)17-31-28(39)22(19(3)4)16-30-25(36)10-7-13-33(18-34)27(38)9-6-2/h6,9,11-12,15,18-19,21-22,35H,5,7-8,10,13-14,16-17,29H2,1-4H3,(H,30,36)(H,31,39)(H,32,37)/b9-6-. The summed E-state index contributed by atoms with van der Waals surface area (Å²) in [6.45, 7) is 7.24. The van der Waals surface area contributed by atoms with Crippen LogP contribution in [0.1, 0.15) is 58.9 Å². The number of rotatable bonds is 17. The van der Waals surface area contributed by atoms with Gasteiger partial charge < -0.3 is 26.8 Å². The van der Waals surface area contributed by atoms with Crippen LogP contribution in [0.4, 0.5) is 5.69 Å². The van der Waals surface area contributed by atoms with Gasteiger partial charge in [-0.2, -0.15) is 0 Å². The van der Waals surface area contributed by atoms with Gasteiger partial charge in [-0.05, 0) is 55.9 Å². The monoisotopic (exact) mass is 545 g/mol. The van der Waals surface area contributed by atoms with Gasteiger partial charge in [0.25, 0.3) is 5.91 Å². The Balaban J connectivity index is 2.56. The molecule has 0 bridgehead atoms. The third kappa shape index (κ3) is 12.6. The maximum Gasteiger partial charge on any atom is 0.252 e. The van der Waals surface area contributed by atoms with Gasteiger partial charge in [0.15, 0.2) is 0 Å². The highest BCUT2D eigenvalue weighted by atomic mass is 16.3. The van der Waals surface area contributed by atoms with Crippen molar-refractivity contribution < 1.29 is 29.1 Å². The minimum Gasteiger partial charge on any atom is -0.506 e. The minimum absolute atomic E-state index is 0.0192. The summed E-state index contributed by atoms with van der Waals surface area (Å²) in [6.07, 6.45) is 6.02. The van der Waals surface area contributed by atoms with E-state index in [1.165, 1.54) is 18.2 Å². The summed E-state index contributed by atoms with van der Waals surface area (Å²) in [4.78, 5) is 61.2. The van der Waals surface area contributed by atoms with Gasteiger partial charge in [0, 0.05) is 25.6 Å². The fourth-order valence-electron chi connectivity index (χ4n) is 3.89. The Kier molecular flexibility index (Phi) is 15.1. The van der Waals surface area contributed by atoms with Crippen molar-refractivity contribution in [3.05, 3.63) is 35.9 Å². The van der Waals surface area contributed by atoms with Crippen molar-refractivity contribution in [3.8, 4) is 5.75 Å². The molecule has 0 radical (unpaired) electrons. The summed E-state index contributed by atoms with van der Waals surface area (Å²) in [5, 5.41) is 18.0. The Morgan fingerprint density at radius 3 is 2.46 bits per heavy atom. The zero-order valence-electron chi connectivity index (χ0n) is 23.4. The topological polar surface area (TPSA) is 171 Å². The Morgan fingerprint density at radius 1 is 1.13 bits per heavy atom. The molecule has 0 aromatic heterocycles.